The number of aromatic nitrogens is 4. The first-order valence-electron chi connectivity index (χ1n) is 17.0. The molecule has 10 aromatic rings. The summed E-state index contributed by atoms with van der Waals surface area (Å²) in [5.74, 6) is 1.32. The van der Waals surface area contributed by atoms with Gasteiger partial charge in [0.2, 0.25) is 5.89 Å². The van der Waals surface area contributed by atoms with E-state index in [2.05, 4.69) is 91.0 Å². The van der Waals surface area contributed by atoms with Crippen molar-refractivity contribution < 1.29 is 4.42 Å². The van der Waals surface area contributed by atoms with E-state index in [-0.39, 0.29) is 0 Å². The monoisotopic (exact) mass is 652 g/mol. The van der Waals surface area contributed by atoms with Crippen LogP contribution in [0.5, 0.6) is 0 Å². The zero-order chi connectivity index (χ0) is 33.7. The second-order valence-corrected chi connectivity index (χ2v) is 12.6. The van der Waals surface area contributed by atoms with Gasteiger partial charge >= 0.3 is 0 Å². The summed E-state index contributed by atoms with van der Waals surface area (Å²) in [6.07, 6.45) is 0. The zero-order valence-corrected chi connectivity index (χ0v) is 27.4. The second kappa shape index (κ2) is 11.9. The van der Waals surface area contributed by atoms with Crippen LogP contribution in [0.25, 0.3) is 100 Å². The lowest BCUT2D eigenvalue weighted by Gasteiger charge is -2.11. The minimum atomic E-state index is 0.611. The molecular weight excluding hydrogens is 625 g/mol. The van der Waals surface area contributed by atoms with E-state index >= 15 is 0 Å². The Kier molecular flexibility index (Phi) is 6.74. The van der Waals surface area contributed by atoms with Crippen LogP contribution in [0.2, 0.25) is 0 Å². The van der Waals surface area contributed by atoms with Gasteiger partial charge in [-0.2, -0.15) is 0 Å². The molecule has 7 aromatic carbocycles. The molecule has 0 saturated carbocycles. The molecule has 5 heteroatoms. The molecule has 0 aliphatic rings. The summed E-state index contributed by atoms with van der Waals surface area (Å²) in [6, 6.07) is 58.0. The maximum Gasteiger partial charge on any atom is 0.227 e. The summed E-state index contributed by atoms with van der Waals surface area (Å²) in [5, 5.41) is 4.18. The van der Waals surface area contributed by atoms with Crippen molar-refractivity contribution in [1.29, 1.82) is 0 Å². The van der Waals surface area contributed by atoms with Crippen molar-refractivity contribution in [3.63, 3.8) is 0 Å². The molecular formula is C46H28N4O. The third kappa shape index (κ3) is 5.03. The summed E-state index contributed by atoms with van der Waals surface area (Å²) >= 11 is 0. The van der Waals surface area contributed by atoms with Crippen LogP contribution in [0, 0.1) is 0 Å². The number of pyridine rings is 1. The Hall–Kier alpha value is -6.98. The van der Waals surface area contributed by atoms with E-state index in [1.54, 1.807) is 0 Å². The van der Waals surface area contributed by atoms with Crippen LogP contribution in [0.3, 0.4) is 0 Å². The highest BCUT2D eigenvalue weighted by Gasteiger charge is 2.18. The highest BCUT2D eigenvalue weighted by molar-refractivity contribution is 6.20. The highest BCUT2D eigenvalue weighted by Crippen LogP contribution is 2.39. The smallest absolute Gasteiger partial charge is 0.227 e. The highest BCUT2D eigenvalue weighted by atomic mass is 16.3. The minimum absolute atomic E-state index is 0.611. The first kappa shape index (κ1) is 29.0. The average molecular weight is 653 g/mol. The molecule has 0 fully saturated rings. The minimum Gasteiger partial charge on any atom is -0.436 e. The van der Waals surface area contributed by atoms with Gasteiger partial charge in [0.25, 0.3) is 0 Å². The van der Waals surface area contributed by atoms with E-state index in [0.717, 1.165) is 88.4 Å². The van der Waals surface area contributed by atoms with Crippen LogP contribution in [0.1, 0.15) is 0 Å². The van der Waals surface area contributed by atoms with E-state index in [1.807, 2.05) is 78.9 Å². The Morgan fingerprint density at radius 2 is 0.863 bits per heavy atom. The lowest BCUT2D eigenvalue weighted by molar-refractivity contribution is 0.620. The van der Waals surface area contributed by atoms with Crippen molar-refractivity contribution >= 4 is 43.7 Å². The van der Waals surface area contributed by atoms with Gasteiger partial charge in [0.15, 0.2) is 11.4 Å². The molecule has 0 unspecified atom stereocenters. The summed E-state index contributed by atoms with van der Waals surface area (Å²) in [4.78, 5) is 20.2. The van der Waals surface area contributed by atoms with Gasteiger partial charge in [-0.1, -0.05) is 133 Å². The van der Waals surface area contributed by atoms with Gasteiger partial charge in [-0.15, -0.1) is 0 Å². The quantitative estimate of drug-likeness (QED) is 0.173. The molecule has 0 aliphatic carbocycles. The molecule has 0 N–H and O–H groups in total. The number of fused-ring (bicyclic) bond motifs is 6. The molecule has 238 valence electrons. The SMILES string of the molecule is c1ccc(-c2nc3c(ccc4c(-c5ccc(-c6ccc(-c7nc(-c8ccccc8)c8ccccc8n7)cc6)cc5)nc5ccccc5c43)o2)cc1. The van der Waals surface area contributed by atoms with Gasteiger partial charge in [-0.3, -0.25) is 0 Å². The van der Waals surface area contributed by atoms with E-state index in [1.165, 1.54) is 0 Å². The number of rotatable bonds is 5. The topological polar surface area (TPSA) is 64.7 Å². The fraction of sp³-hybridized carbons (Fsp3) is 0. The first-order valence-corrected chi connectivity index (χ1v) is 17.0. The maximum atomic E-state index is 6.26. The normalized spacial score (nSPS) is 11.5. The third-order valence-corrected chi connectivity index (χ3v) is 9.53. The molecule has 0 saturated heterocycles. The zero-order valence-electron chi connectivity index (χ0n) is 27.4. The van der Waals surface area contributed by atoms with Crippen molar-refractivity contribution in [1.82, 2.24) is 19.9 Å². The molecule has 0 amide bonds. The number of oxazole rings is 1. The molecule has 3 aromatic heterocycles. The molecule has 3 heterocycles. The van der Waals surface area contributed by atoms with E-state index < -0.39 is 0 Å². The van der Waals surface area contributed by atoms with E-state index in [9.17, 15) is 0 Å². The number of hydrogen-bond donors (Lipinski definition) is 0. The fourth-order valence-corrected chi connectivity index (χ4v) is 7.01. The maximum absolute atomic E-state index is 6.26. The van der Waals surface area contributed by atoms with Crippen molar-refractivity contribution in [2.75, 3.05) is 0 Å². The fourth-order valence-electron chi connectivity index (χ4n) is 7.01. The largest absolute Gasteiger partial charge is 0.436 e. The molecule has 0 aliphatic heterocycles. The molecule has 0 atom stereocenters. The summed E-state index contributed by atoms with van der Waals surface area (Å²) < 4.78 is 6.26. The van der Waals surface area contributed by atoms with Crippen LogP contribution >= 0.6 is 0 Å². The molecule has 0 bridgehead atoms. The number of benzene rings is 7. The Labute approximate surface area is 293 Å². The van der Waals surface area contributed by atoms with Crippen LogP contribution in [-0.2, 0) is 0 Å². The standard InChI is InChI=1S/C46H28N4O/c1-3-11-31(12-4-1)42-36-16-8-10-18-39(36)48-45(49-42)33-25-21-30(22-26-33)29-19-23-32(24-20-29)43-37-27-28-40-44(41(37)35-15-7-9-17-38(35)47-43)50-46(51-40)34-13-5-2-6-14-34/h1-28H. The Morgan fingerprint density at radius 3 is 1.57 bits per heavy atom. The van der Waals surface area contributed by atoms with E-state index in [4.69, 9.17) is 24.4 Å². The molecule has 5 nitrogen and oxygen atoms in total. The van der Waals surface area contributed by atoms with Crippen LogP contribution < -0.4 is 0 Å². The number of nitrogens with zero attached hydrogens (tertiary/aromatic N) is 4. The summed E-state index contributed by atoms with van der Waals surface area (Å²) in [6.45, 7) is 0. The number of hydrogen-bond acceptors (Lipinski definition) is 5. The van der Waals surface area contributed by atoms with Gasteiger partial charge in [-0.05, 0) is 47.5 Å². The third-order valence-electron chi connectivity index (χ3n) is 9.53. The molecule has 0 spiro atoms. The Morgan fingerprint density at radius 1 is 0.333 bits per heavy atom. The van der Waals surface area contributed by atoms with Gasteiger partial charge in [0.05, 0.1) is 22.4 Å². The second-order valence-electron chi connectivity index (χ2n) is 12.6. The summed E-state index contributed by atoms with van der Waals surface area (Å²) in [7, 11) is 0. The number of para-hydroxylation sites is 2. The van der Waals surface area contributed by atoms with E-state index in [0.29, 0.717) is 11.7 Å². The Balaban J connectivity index is 1.02. The molecule has 10 rings (SSSR count). The molecule has 0 radical (unpaired) electrons. The first-order chi connectivity index (χ1) is 25.3. The predicted octanol–water partition coefficient (Wildman–Crippen LogP) is 11.8. The van der Waals surface area contributed by atoms with Crippen LogP contribution in [-0.4, -0.2) is 19.9 Å². The van der Waals surface area contributed by atoms with Gasteiger partial charge in [0, 0.05) is 43.8 Å². The van der Waals surface area contributed by atoms with Gasteiger partial charge in [-0.25, -0.2) is 19.9 Å². The molecule has 51 heavy (non-hydrogen) atoms. The van der Waals surface area contributed by atoms with Gasteiger partial charge < -0.3 is 4.42 Å². The predicted molar refractivity (Wildman–Crippen MR) is 207 cm³/mol. The Bertz CT molecular complexity index is 2880. The lowest BCUT2D eigenvalue weighted by Crippen LogP contribution is -1.95. The van der Waals surface area contributed by atoms with Crippen molar-refractivity contribution in [3.8, 4) is 56.5 Å². The van der Waals surface area contributed by atoms with Crippen LogP contribution in [0.4, 0.5) is 0 Å². The summed E-state index contributed by atoms with van der Waals surface area (Å²) in [5.41, 5.74) is 11.6. The van der Waals surface area contributed by atoms with Crippen molar-refractivity contribution in [2.45, 2.75) is 0 Å². The lowest BCUT2D eigenvalue weighted by atomic mass is 9.97. The van der Waals surface area contributed by atoms with Crippen LogP contribution in [0.15, 0.2) is 174 Å². The average Bonchev–Trinajstić information content (AvgIpc) is 3.66. The van der Waals surface area contributed by atoms with Crippen molar-refractivity contribution in [3.05, 3.63) is 170 Å². The van der Waals surface area contributed by atoms with Gasteiger partial charge in [0.1, 0.15) is 5.52 Å². The van der Waals surface area contributed by atoms with Crippen molar-refractivity contribution in [2.24, 2.45) is 0 Å².